The molecule has 0 bridgehead atoms. The number of rotatable bonds is 7. The molecule has 190 valence electrons. The van der Waals surface area contributed by atoms with Crippen molar-refractivity contribution in [2.45, 2.75) is 48.0 Å². The van der Waals surface area contributed by atoms with Gasteiger partial charge in [-0.3, -0.25) is 4.99 Å². The summed E-state index contributed by atoms with van der Waals surface area (Å²) >= 11 is 0. The summed E-state index contributed by atoms with van der Waals surface area (Å²) in [5.41, 5.74) is 23.6. The highest BCUT2D eigenvalue weighted by Crippen LogP contribution is 2.19. The van der Waals surface area contributed by atoms with Crippen molar-refractivity contribution in [3.8, 4) is 0 Å². The number of nitrogens with zero attached hydrogens (tertiary/aromatic N) is 3. The number of benzene rings is 1. The molecular formula is C28H38N8. The lowest BCUT2D eigenvalue weighted by atomic mass is 10.0. The van der Waals surface area contributed by atoms with Gasteiger partial charge in [0.1, 0.15) is 5.84 Å². The maximum atomic E-state index is 7.88. The number of amidine groups is 1. The number of H-pyrrole nitrogens is 1. The van der Waals surface area contributed by atoms with Crippen LogP contribution in [0.3, 0.4) is 0 Å². The van der Waals surface area contributed by atoms with Crippen LogP contribution < -0.4 is 27.8 Å². The number of hydrogen-bond donors (Lipinski definition) is 5. The normalized spacial score (nSPS) is 14.0. The molecule has 3 rings (SSSR count). The van der Waals surface area contributed by atoms with Crippen LogP contribution in [-0.4, -0.2) is 34.3 Å². The van der Waals surface area contributed by atoms with E-state index < -0.39 is 0 Å². The smallest absolute Gasteiger partial charge is 0.163 e. The molecule has 8 heteroatoms. The molecule has 1 aromatic carbocycles. The van der Waals surface area contributed by atoms with E-state index >= 15 is 0 Å². The van der Waals surface area contributed by atoms with Crippen LogP contribution in [0, 0.1) is 5.41 Å². The Kier molecular flexibility index (Phi) is 10.3. The number of nitrogens with two attached hydrogens (primary N) is 3. The molecule has 8 N–H and O–H groups in total. The van der Waals surface area contributed by atoms with Crippen LogP contribution in [0.5, 0.6) is 0 Å². The highest BCUT2D eigenvalue weighted by molar-refractivity contribution is 6.06. The molecule has 0 spiro atoms. The largest absolute Gasteiger partial charge is 0.398 e. The Bertz CT molecular complexity index is 1440. The highest BCUT2D eigenvalue weighted by Gasteiger charge is 2.10. The Morgan fingerprint density at radius 3 is 2.53 bits per heavy atom. The van der Waals surface area contributed by atoms with Crippen molar-refractivity contribution < 1.29 is 0 Å². The van der Waals surface area contributed by atoms with E-state index in [0.717, 1.165) is 44.7 Å². The molecule has 0 fully saturated rings. The van der Waals surface area contributed by atoms with Crippen molar-refractivity contribution in [3.63, 3.8) is 0 Å². The zero-order valence-corrected chi connectivity index (χ0v) is 22.1. The summed E-state index contributed by atoms with van der Waals surface area (Å²) in [6.07, 6.45) is 7.46. The number of hydrogen-bond acceptors (Lipinski definition) is 6. The third-order valence-corrected chi connectivity index (χ3v) is 5.79. The predicted molar refractivity (Wildman–Crippen MR) is 156 cm³/mol. The van der Waals surface area contributed by atoms with Crippen molar-refractivity contribution >= 4 is 51.9 Å². The summed E-state index contributed by atoms with van der Waals surface area (Å²) in [4.78, 5) is 17.1. The average molecular weight is 487 g/mol. The summed E-state index contributed by atoms with van der Waals surface area (Å²) in [5.74, 6) is 0.858. The fourth-order valence-electron chi connectivity index (χ4n) is 3.71. The summed E-state index contributed by atoms with van der Waals surface area (Å²) in [6, 6.07) is 7.51. The van der Waals surface area contributed by atoms with Gasteiger partial charge in [0.05, 0.1) is 11.5 Å². The average Bonchev–Trinajstić information content (AvgIpc) is 3.26. The summed E-state index contributed by atoms with van der Waals surface area (Å²) < 4.78 is 0. The number of anilines is 1. The molecule has 2 heterocycles. The minimum atomic E-state index is 0.366. The van der Waals surface area contributed by atoms with Crippen molar-refractivity contribution in [2.75, 3.05) is 12.3 Å². The van der Waals surface area contributed by atoms with Gasteiger partial charge >= 0.3 is 0 Å². The van der Waals surface area contributed by atoms with Gasteiger partial charge in [0, 0.05) is 57.6 Å². The van der Waals surface area contributed by atoms with Gasteiger partial charge in [0.2, 0.25) is 0 Å². The first-order valence-electron chi connectivity index (χ1n) is 12.1. The fraction of sp³-hybridized carbons (Fsp3) is 0.286. The van der Waals surface area contributed by atoms with Crippen LogP contribution in [0.15, 0.2) is 52.1 Å². The molecule has 0 aliphatic rings. The number of aromatic amines is 1. The van der Waals surface area contributed by atoms with E-state index in [1.165, 1.54) is 11.8 Å². The van der Waals surface area contributed by atoms with E-state index in [-0.39, 0.29) is 0 Å². The van der Waals surface area contributed by atoms with E-state index in [2.05, 4.69) is 28.8 Å². The van der Waals surface area contributed by atoms with E-state index in [1.807, 2.05) is 58.0 Å². The lowest BCUT2D eigenvalue weighted by Gasteiger charge is -2.05. The molecule has 0 aliphatic heterocycles. The Morgan fingerprint density at radius 1 is 1.17 bits per heavy atom. The zero-order chi connectivity index (χ0) is 26.8. The molecule has 8 nitrogen and oxygen atoms in total. The zero-order valence-electron chi connectivity index (χ0n) is 22.1. The molecule has 36 heavy (non-hydrogen) atoms. The third-order valence-electron chi connectivity index (χ3n) is 5.79. The van der Waals surface area contributed by atoms with Crippen LogP contribution in [-0.2, 0) is 0 Å². The maximum absolute atomic E-state index is 7.88. The number of fused-ring (bicyclic) bond motifs is 1. The minimum Gasteiger partial charge on any atom is -0.398 e. The molecule has 0 amide bonds. The van der Waals surface area contributed by atoms with Crippen molar-refractivity contribution in [1.29, 1.82) is 5.41 Å². The van der Waals surface area contributed by atoms with Crippen molar-refractivity contribution in [1.82, 2.24) is 9.97 Å². The van der Waals surface area contributed by atoms with Crippen LogP contribution >= 0.6 is 0 Å². The first-order valence-corrected chi connectivity index (χ1v) is 12.1. The fourth-order valence-corrected chi connectivity index (χ4v) is 3.71. The van der Waals surface area contributed by atoms with Crippen LogP contribution in [0.25, 0.3) is 22.7 Å². The number of nitrogens with one attached hydrogen (secondary N) is 2. The van der Waals surface area contributed by atoms with Gasteiger partial charge in [-0.2, -0.15) is 0 Å². The Balaban J connectivity index is 0.00000222. The lowest BCUT2D eigenvalue weighted by Crippen LogP contribution is -2.25. The second-order valence-electron chi connectivity index (χ2n) is 8.02. The van der Waals surface area contributed by atoms with Crippen LogP contribution in [0.1, 0.15) is 59.1 Å². The van der Waals surface area contributed by atoms with Gasteiger partial charge in [-0.05, 0) is 57.0 Å². The quantitative estimate of drug-likeness (QED) is 0.195. The van der Waals surface area contributed by atoms with Gasteiger partial charge in [0.25, 0.3) is 0 Å². The standard InChI is InChI=1S/C26H32N8.C2H6/c1-5-15(2)23-22(33-21-9-8-20(29)19(13-28)24(21)23)14-32-17(4)18-7-6-12-31-26(18)34-25(30)16(3)10-11-27;1-2/h6-10,12-14,28,33H,5,11,27,29H2,1-4H3,(H2,30,31,34);1-2H3/b16-10-,22-14-,23-15-,28-13?,32-17?;. The van der Waals surface area contributed by atoms with Crippen LogP contribution in [0.4, 0.5) is 11.5 Å². The molecule has 0 unspecified atom stereocenters. The summed E-state index contributed by atoms with van der Waals surface area (Å²) in [5, 5.41) is 10.7. The van der Waals surface area contributed by atoms with Crippen molar-refractivity contribution in [3.05, 3.63) is 63.8 Å². The maximum Gasteiger partial charge on any atom is 0.163 e. The number of nitrogen functional groups attached to an aromatic ring is 1. The van der Waals surface area contributed by atoms with Gasteiger partial charge in [-0.1, -0.05) is 32.4 Å². The molecule has 0 aliphatic carbocycles. The molecule has 3 aromatic rings. The molecule has 0 radical (unpaired) electrons. The monoisotopic (exact) mass is 486 g/mol. The first kappa shape index (κ1) is 28.2. The lowest BCUT2D eigenvalue weighted by molar-refractivity contribution is 1.20. The SMILES string of the molecule is CC.CC/C(C)=c1/c(=C/N=C(C)c2cccnc2/N=C(N)\C(C)=C/CN)[nH]c2ccc(N)c(C=N)c12. The Hall–Kier alpha value is -4.04. The van der Waals surface area contributed by atoms with Crippen LogP contribution in [0.2, 0.25) is 0 Å². The van der Waals surface area contributed by atoms with Crippen molar-refractivity contribution in [2.24, 2.45) is 21.5 Å². The summed E-state index contributed by atoms with van der Waals surface area (Å²) in [7, 11) is 0. The molecular weight excluding hydrogens is 448 g/mol. The predicted octanol–water partition coefficient (Wildman–Crippen LogP) is 3.89. The molecule has 0 atom stereocenters. The number of aliphatic imine (C=N–C) groups is 2. The first-order chi connectivity index (χ1) is 17.3. The summed E-state index contributed by atoms with van der Waals surface area (Å²) in [6.45, 7) is 12.3. The molecule has 0 saturated heterocycles. The second kappa shape index (κ2) is 13.2. The molecule has 2 aromatic heterocycles. The third kappa shape index (κ3) is 6.14. The highest BCUT2D eigenvalue weighted by atomic mass is 15.0. The number of pyridine rings is 1. The van der Waals surface area contributed by atoms with E-state index in [1.54, 1.807) is 12.4 Å². The van der Waals surface area contributed by atoms with Gasteiger partial charge in [-0.15, -0.1) is 0 Å². The van der Waals surface area contributed by atoms with E-state index in [9.17, 15) is 0 Å². The van der Waals surface area contributed by atoms with Gasteiger partial charge in [-0.25, -0.2) is 9.98 Å². The van der Waals surface area contributed by atoms with Gasteiger partial charge < -0.3 is 27.6 Å². The van der Waals surface area contributed by atoms with Gasteiger partial charge in [0.15, 0.2) is 5.82 Å². The Labute approximate surface area is 213 Å². The number of aromatic nitrogens is 2. The molecule has 0 saturated carbocycles. The topological polar surface area (TPSA) is 155 Å². The second-order valence-corrected chi connectivity index (χ2v) is 8.02. The Morgan fingerprint density at radius 2 is 1.89 bits per heavy atom. The van der Waals surface area contributed by atoms with E-state index in [0.29, 0.717) is 29.4 Å². The van der Waals surface area contributed by atoms with E-state index in [4.69, 9.17) is 27.6 Å². The minimum absolute atomic E-state index is 0.366.